The average Bonchev–Trinajstić information content (AvgIpc) is 3.59. The molecule has 0 unspecified atom stereocenters. The first-order valence-electron chi connectivity index (χ1n) is 10.0. The van der Waals surface area contributed by atoms with Gasteiger partial charge in [-0.05, 0) is 37.8 Å². The highest BCUT2D eigenvalue weighted by Crippen LogP contribution is 2.39. The number of benzene rings is 1. The third-order valence-corrected chi connectivity index (χ3v) is 5.60. The van der Waals surface area contributed by atoms with E-state index in [0.29, 0.717) is 31.4 Å². The number of nitrogens with zero attached hydrogens (tertiary/aromatic N) is 3. The van der Waals surface area contributed by atoms with Gasteiger partial charge in [-0.3, -0.25) is 4.79 Å². The number of nitrogens with one attached hydrogen (secondary N) is 1. The second-order valence-electron chi connectivity index (χ2n) is 7.71. The van der Waals surface area contributed by atoms with Crippen molar-refractivity contribution >= 4 is 17.4 Å². The lowest BCUT2D eigenvalue weighted by Crippen LogP contribution is -2.41. The molecule has 1 aliphatic carbocycles. The van der Waals surface area contributed by atoms with Crippen molar-refractivity contribution in [3.8, 4) is 11.5 Å². The molecule has 1 saturated heterocycles. The number of fused-ring (bicyclic) bond motifs is 1. The normalized spacial score (nSPS) is 21.3. The molecule has 0 radical (unpaired) electrons. The van der Waals surface area contributed by atoms with Gasteiger partial charge in [0.15, 0.2) is 11.5 Å². The monoisotopic (exact) mass is 380 g/mol. The Balaban J connectivity index is 1.26. The molecule has 1 aromatic carbocycles. The number of aromatic nitrogens is 2. The van der Waals surface area contributed by atoms with Gasteiger partial charge in [-0.1, -0.05) is 0 Å². The lowest BCUT2D eigenvalue weighted by atomic mass is 9.97. The zero-order valence-corrected chi connectivity index (χ0v) is 15.8. The van der Waals surface area contributed by atoms with Gasteiger partial charge in [-0.25, -0.2) is 9.97 Å². The van der Waals surface area contributed by atoms with Crippen LogP contribution in [0.4, 0.5) is 11.5 Å². The Hall–Kier alpha value is -2.83. The van der Waals surface area contributed by atoms with Crippen LogP contribution in [-0.2, 0) is 4.79 Å². The summed E-state index contributed by atoms with van der Waals surface area (Å²) in [5.41, 5.74) is 1.87. The number of carbonyl (C=O) groups excluding carboxylic acids is 1. The summed E-state index contributed by atoms with van der Waals surface area (Å²) in [5.74, 6) is 2.92. The van der Waals surface area contributed by atoms with Gasteiger partial charge in [0.25, 0.3) is 0 Å². The van der Waals surface area contributed by atoms with Gasteiger partial charge in [0, 0.05) is 42.5 Å². The summed E-state index contributed by atoms with van der Waals surface area (Å²) in [4.78, 5) is 23.9. The van der Waals surface area contributed by atoms with E-state index in [1.165, 1.54) is 12.8 Å². The van der Waals surface area contributed by atoms with Crippen molar-refractivity contribution in [2.45, 2.75) is 31.6 Å². The van der Waals surface area contributed by atoms with E-state index < -0.39 is 0 Å². The summed E-state index contributed by atoms with van der Waals surface area (Å²) in [7, 11) is 0. The number of rotatable bonds is 4. The molecule has 3 aliphatic rings. The molecule has 0 spiro atoms. The number of piperidine rings is 1. The lowest BCUT2D eigenvalue weighted by Gasteiger charge is -2.33. The smallest absolute Gasteiger partial charge is 0.229 e. The second kappa shape index (κ2) is 7.30. The summed E-state index contributed by atoms with van der Waals surface area (Å²) in [5, 5.41) is 3.04. The molecule has 7 nitrogen and oxygen atoms in total. The van der Waals surface area contributed by atoms with E-state index in [1.54, 1.807) is 6.33 Å². The van der Waals surface area contributed by atoms with Crippen molar-refractivity contribution in [3.63, 3.8) is 0 Å². The average molecular weight is 380 g/mol. The van der Waals surface area contributed by atoms with Gasteiger partial charge < -0.3 is 19.7 Å². The molecular formula is C21H24N4O3. The molecule has 1 N–H and O–H groups in total. The zero-order chi connectivity index (χ0) is 18.9. The van der Waals surface area contributed by atoms with Crippen LogP contribution in [0.1, 0.15) is 37.3 Å². The topological polar surface area (TPSA) is 76.6 Å². The van der Waals surface area contributed by atoms with Crippen LogP contribution in [0.3, 0.4) is 0 Å². The number of amides is 1. The van der Waals surface area contributed by atoms with E-state index in [0.717, 1.165) is 42.3 Å². The van der Waals surface area contributed by atoms with Crippen LogP contribution in [0.5, 0.6) is 11.5 Å². The predicted molar refractivity (Wildman–Crippen MR) is 105 cm³/mol. The van der Waals surface area contributed by atoms with Crippen molar-refractivity contribution in [1.82, 2.24) is 9.97 Å². The molecule has 28 heavy (non-hydrogen) atoms. The van der Waals surface area contributed by atoms with Gasteiger partial charge in [0.05, 0.1) is 5.92 Å². The molecule has 3 heterocycles. The summed E-state index contributed by atoms with van der Waals surface area (Å²) >= 11 is 0. The first-order valence-corrected chi connectivity index (χ1v) is 10.0. The Labute approximate surface area is 164 Å². The molecule has 2 aromatic rings. The van der Waals surface area contributed by atoms with Gasteiger partial charge in [-0.2, -0.15) is 0 Å². The van der Waals surface area contributed by atoms with E-state index in [4.69, 9.17) is 9.47 Å². The Morgan fingerprint density at radius 2 is 1.93 bits per heavy atom. The molecule has 1 saturated carbocycles. The molecule has 1 atom stereocenters. The van der Waals surface area contributed by atoms with Crippen LogP contribution in [0.15, 0.2) is 30.6 Å². The number of hydrogen-bond acceptors (Lipinski definition) is 6. The van der Waals surface area contributed by atoms with Crippen molar-refractivity contribution in [1.29, 1.82) is 0 Å². The molecule has 2 fully saturated rings. The van der Waals surface area contributed by atoms with E-state index in [9.17, 15) is 4.79 Å². The third-order valence-electron chi connectivity index (χ3n) is 5.60. The quantitative estimate of drug-likeness (QED) is 0.879. The van der Waals surface area contributed by atoms with E-state index in [-0.39, 0.29) is 11.8 Å². The van der Waals surface area contributed by atoms with E-state index >= 15 is 0 Å². The maximum Gasteiger partial charge on any atom is 0.229 e. The summed E-state index contributed by atoms with van der Waals surface area (Å²) in [6.45, 7) is 2.69. The molecular weight excluding hydrogens is 356 g/mol. The molecule has 1 aromatic heterocycles. The Morgan fingerprint density at radius 3 is 2.79 bits per heavy atom. The molecule has 0 bridgehead atoms. The van der Waals surface area contributed by atoms with Crippen LogP contribution in [0.25, 0.3) is 0 Å². The van der Waals surface area contributed by atoms with Gasteiger partial charge in [0.2, 0.25) is 5.91 Å². The number of anilines is 2. The maximum atomic E-state index is 12.9. The summed E-state index contributed by atoms with van der Waals surface area (Å²) < 4.78 is 11.1. The largest absolute Gasteiger partial charge is 0.486 e. The second-order valence-corrected chi connectivity index (χ2v) is 7.71. The van der Waals surface area contributed by atoms with E-state index in [2.05, 4.69) is 26.3 Å². The highest BCUT2D eigenvalue weighted by Gasteiger charge is 2.29. The van der Waals surface area contributed by atoms with Crippen LogP contribution < -0.4 is 19.7 Å². The van der Waals surface area contributed by atoms with Gasteiger partial charge >= 0.3 is 0 Å². The number of hydrogen-bond donors (Lipinski definition) is 1. The Kier molecular flexibility index (Phi) is 4.50. The first-order chi connectivity index (χ1) is 13.8. The number of ether oxygens (including phenoxy) is 2. The van der Waals surface area contributed by atoms with Crippen LogP contribution in [0.2, 0.25) is 0 Å². The summed E-state index contributed by atoms with van der Waals surface area (Å²) in [6.07, 6.45) is 5.95. The van der Waals surface area contributed by atoms with Crippen LogP contribution >= 0.6 is 0 Å². The Morgan fingerprint density at radius 1 is 1.07 bits per heavy atom. The maximum absolute atomic E-state index is 12.9. The zero-order valence-electron chi connectivity index (χ0n) is 15.8. The molecule has 2 aliphatic heterocycles. The fourth-order valence-electron chi connectivity index (χ4n) is 3.90. The standard InChI is InChI=1S/C21H24N4O3/c26-21(24-16-5-6-18-19(10-16)28-9-8-27-18)15-2-1-7-25(12-15)20-11-17(14-3-4-14)22-13-23-20/h5-6,10-11,13-15H,1-4,7-9,12H2,(H,24,26)/t15-/m1/s1. The van der Waals surface area contributed by atoms with Crippen molar-refractivity contribution in [2.75, 3.05) is 36.5 Å². The molecule has 7 heteroatoms. The van der Waals surface area contributed by atoms with Crippen LogP contribution in [0, 0.1) is 5.92 Å². The van der Waals surface area contributed by atoms with Gasteiger partial charge in [0.1, 0.15) is 25.4 Å². The minimum atomic E-state index is -0.0682. The highest BCUT2D eigenvalue weighted by atomic mass is 16.6. The summed E-state index contributed by atoms with van der Waals surface area (Å²) in [6, 6.07) is 7.63. The fraction of sp³-hybridized carbons (Fsp3) is 0.476. The number of carbonyl (C=O) groups is 1. The molecule has 1 amide bonds. The first kappa shape index (κ1) is 17.3. The van der Waals surface area contributed by atoms with Crippen molar-refractivity contribution in [3.05, 3.63) is 36.3 Å². The van der Waals surface area contributed by atoms with Crippen molar-refractivity contribution < 1.29 is 14.3 Å². The lowest BCUT2D eigenvalue weighted by molar-refractivity contribution is -0.120. The van der Waals surface area contributed by atoms with E-state index in [1.807, 2.05) is 18.2 Å². The predicted octanol–water partition coefficient (Wildman–Crippen LogP) is 2.98. The van der Waals surface area contributed by atoms with Gasteiger partial charge in [-0.15, -0.1) is 0 Å². The molecule has 5 rings (SSSR count). The Bertz CT molecular complexity index is 884. The SMILES string of the molecule is O=C(Nc1ccc2c(c1)OCCO2)[C@@H]1CCCN(c2cc(C3CC3)ncn2)C1. The minimum absolute atomic E-state index is 0.0397. The fourth-order valence-corrected chi connectivity index (χ4v) is 3.90. The van der Waals surface area contributed by atoms with Crippen LogP contribution in [-0.4, -0.2) is 42.2 Å². The van der Waals surface area contributed by atoms with Crippen molar-refractivity contribution in [2.24, 2.45) is 5.92 Å². The third kappa shape index (κ3) is 3.61. The molecule has 146 valence electrons. The minimum Gasteiger partial charge on any atom is -0.486 e. The highest BCUT2D eigenvalue weighted by molar-refractivity contribution is 5.93.